The maximum absolute atomic E-state index is 13.4. The fourth-order valence-electron chi connectivity index (χ4n) is 4.72. The summed E-state index contributed by atoms with van der Waals surface area (Å²) >= 11 is 2.84. The van der Waals surface area contributed by atoms with Crippen molar-refractivity contribution in [2.75, 3.05) is 16.4 Å². The molecule has 9 heteroatoms. The summed E-state index contributed by atoms with van der Waals surface area (Å²) < 4.78 is 0. The zero-order chi connectivity index (χ0) is 30.2. The van der Waals surface area contributed by atoms with Crippen LogP contribution in [0.5, 0.6) is 0 Å². The number of carbonyl (C=O) groups is 3. The first-order valence-corrected chi connectivity index (χ1v) is 15.7. The predicted octanol–water partition coefficient (Wildman–Crippen LogP) is 6.95. The number of carbonyl (C=O) groups excluding carboxylic acids is 3. The van der Waals surface area contributed by atoms with Gasteiger partial charge >= 0.3 is 0 Å². The Morgan fingerprint density at radius 1 is 0.953 bits per heavy atom. The molecule has 1 aliphatic carbocycles. The van der Waals surface area contributed by atoms with Crippen molar-refractivity contribution < 1.29 is 14.4 Å². The molecule has 3 aromatic carbocycles. The summed E-state index contributed by atoms with van der Waals surface area (Å²) in [5.74, 6) is -0.913. The molecule has 1 heterocycles. The van der Waals surface area contributed by atoms with E-state index in [0.717, 1.165) is 47.3 Å². The highest BCUT2D eigenvalue weighted by Crippen LogP contribution is 2.37. The summed E-state index contributed by atoms with van der Waals surface area (Å²) in [6.07, 6.45) is 5.65. The number of fused-ring (bicyclic) bond motifs is 1. The number of hydrogen-bond acceptors (Lipinski definition) is 6. The molecule has 4 aromatic rings. The van der Waals surface area contributed by atoms with Crippen molar-refractivity contribution in [2.45, 2.75) is 37.5 Å². The third-order valence-corrected chi connectivity index (χ3v) is 9.12. The molecule has 0 fully saturated rings. The van der Waals surface area contributed by atoms with Gasteiger partial charge in [0.15, 0.2) is 0 Å². The summed E-state index contributed by atoms with van der Waals surface area (Å²) in [4.78, 5) is 41.1. The fourth-order valence-corrected chi connectivity index (χ4v) is 6.73. The Hall–Kier alpha value is -4.65. The largest absolute Gasteiger partial charge is 0.321 e. The molecule has 0 bridgehead atoms. The zero-order valence-electron chi connectivity index (χ0n) is 23.6. The van der Waals surface area contributed by atoms with Crippen molar-refractivity contribution in [3.8, 4) is 6.07 Å². The first-order valence-electron chi connectivity index (χ1n) is 13.9. The van der Waals surface area contributed by atoms with Crippen LogP contribution in [0.3, 0.4) is 0 Å². The normalized spacial score (nSPS) is 12.5. The number of rotatable bonds is 9. The van der Waals surface area contributed by atoms with Crippen molar-refractivity contribution in [1.29, 1.82) is 5.26 Å². The van der Waals surface area contributed by atoms with Crippen molar-refractivity contribution in [1.82, 2.24) is 5.32 Å². The highest BCUT2D eigenvalue weighted by molar-refractivity contribution is 8.00. The third-order valence-electron chi connectivity index (χ3n) is 6.92. The highest BCUT2D eigenvalue weighted by atomic mass is 32.2. The molecule has 7 nitrogen and oxygen atoms in total. The third kappa shape index (κ3) is 7.80. The Labute approximate surface area is 259 Å². The molecule has 1 aromatic heterocycles. The minimum Gasteiger partial charge on any atom is -0.321 e. The van der Waals surface area contributed by atoms with E-state index in [1.165, 1.54) is 28.0 Å². The molecule has 0 atom stereocenters. The quantitative estimate of drug-likeness (QED) is 0.141. The number of nitriles is 1. The molecule has 0 spiro atoms. The first kappa shape index (κ1) is 29.8. The Kier molecular flexibility index (Phi) is 9.72. The number of thiophene rings is 1. The van der Waals surface area contributed by atoms with E-state index < -0.39 is 11.8 Å². The Bertz CT molecular complexity index is 1720. The van der Waals surface area contributed by atoms with Crippen LogP contribution in [-0.2, 0) is 22.4 Å². The van der Waals surface area contributed by atoms with Crippen molar-refractivity contribution in [3.05, 3.63) is 117 Å². The van der Waals surface area contributed by atoms with Crippen LogP contribution in [0, 0.1) is 18.3 Å². The summed E-state index contributed by atoms with van der Waals surface area (Å²) in [6, 6.07) is 25.8. The number of aryl methyl sites for hydroxylation is 2. The lowest BCUT2D eigenvalue weighted by Gasteiger charge is -2.12. The Balaban J connectivity index is 1.25. The van der Waals surface area contributed by atoms with E-state index in [0.29, 0.717) is 21.8 Å². The molecule has 0 unspecified atom stereocenters. The van der Waals surface area contributed by atoms with E-state index in [4.69, 9.17) is 0 Å². The molecule has 43 heavy (non-hydrogen) atoms. The zero-order valence-corrected chi connectivity index (χ0v) is 25.2. The SMILES string of the molecule is Cc1ccc(/C=C(/NC(=O)c2ccccc2)C(=O)Nc2cccc(SCC(=O)Nc3sc4c(c3C#N)CCCC4)c2)cc1. The minimum absolute atomic E-state index is 0.0991. The minimum atomic E-state index is -0.476. The number of benzene rings is 3. The van der Waals surface area contributed by atoms with Gasteiger partial charge < -0.3 is 16.0 Å². The summed E-state index contributed by atoms with van der Waals surface area (Å²) in [6.45, 7) is 1.98. The number of nitrogens with one attached hydrogen (secondary N) is 3. The smallest absolute Gasteiger partial charge is 0.272 e. The van der Waals surface area contributed by atoms with Gasteiger partial charge in [-0.2, -0.15) is 5.26 Å². The number of anilines is 2. The second-order valence-electron chi connectivity index (χ2n) is 10.1. The Morgan fingerprint density at radius 2 is 1.72 bits per heavy atom. The average molecular weight is 607 g/mol. The van der Waals surface area contributed by atoms with Crippen LogP contribution >= 0.6 is 23.1 Å². The second kappa shape index (κ2) is 14.0. The van der Waals surface area contributed by atoms with Crippen LogP contribution in [0.1, 0.15) is 50.3 Å². The number of hydrogen-bond donors (Lipinski definition) is 3. The summed E-state index contributed by atoms with van der Waals surface area (Å²) in [7, 11) is 0. The molecule has 5 rings (SSSR count). The highest BCUT2D eigenvalue weighted by Gasteiger charge is 2.22. The van der Waals surface area contributed by atoms with Gasteiger partial charge in [-0.05, 0) is 80.1 Å². The van der Waals surface area contributed by atoms with Gasteiger partial charge in [0.2, 0.25) is 5.91 Å². The Morgan fingerprint density at radius 3 is 2.49 bits per heavy atom. The van der Waals surface area contributed by atoms with E-state index in [9.17, 15) is 19.6 Å². The van der Waals surface area contributed by atoms with E-state index >= 15 is 0 Å². The topological polar surface area (TPSA) is 111 Å². The lowest BCUT2D eigenvalue weighted by molar-refractivity contribution is -0.114. The first-order chi connectivity index (χ1) is 20.9. The number of amides is 3. The van der Waals surface area contributed by atoms with Gasteiger partial charge in [0, 0.05) is 21.0 Å². The number of thioether (sulfide) groups is 1. The van der Waals surface area contributed by atoms with Gasteiger partial charge in [0.1, 0.15) is 16.8 Å². The van der Waals surface area contributed by atoms with Gasteiger partial charge in [0.25, 0.3) is 11.8 Å². The predicted molar refractivity (Wildman–Crippen MR) is 173 cm³/mol. The second-order valence-corrected chi connectivity index (χ2v) is 12.3. The van der Waals surface area contributed by atoms with E-state index in [2.05, 4.69) is 22.0 Å². The van der Waals surface area contributed by atoms with Crippen LogP contribution in [0.25, 0.3) is 6.08 Å². The van der Waals surface area contributed by atoms with Crippen molar-refractivity contribution in [3.63, 3.8) is 0 Å². The maximum Gasteiger partial charge on any atom is 0.272 e. The van der Waals surface area contributed by atoms with Gasteiger partial charge in [-0.15, -0.1) is 23.1 Å². The molecule has 216 valence electrons. The summed E-state index contributed by atoms with van der Waals surface area (Å²) in [5.41, 5.74) is 4.59. The van der Waals surface area contributed by atoms with Crippen molar-refractivity contribution in [2.24, 2.45) is 0 Å². The molecule has 3 N–H and O–H groups in total. The van der Waals surface area contributed by atoms with E-state index in [1.54, 1.807) is 48.5 Å². The monoisotopic (exact) mass is 606 g/mol. The van der Waals surface area contributed by atoms with E-state index in [1.807, 2.05) is 43.3 Å². The van der Waals surface area contributed by atoms with Gasteiger partial charge in [-0.3, -0.25) is 14.4 Å². The molecule has 0 saturated heterocycles. The standard InChI is InChI=1S/C34H30N4O3S2/c1-22-14-16-23(17-15-22)18-29(37-32(40)24-8-3-2-4-9-24)33(41)36-25-10-7-11-26(19-25)42-21-31(39)38-34-28(20-35)27-12-5-6-13-30(27)43-34/h2-4,7-11,14-19H,5-6,12-13,21H2,1H3,(H,36,41)(H,37,40)(H,38,39)/b29-18+. The fraction of sp³-hybridized carbons (Fsp3) is 0.176. The maximum atomic E-state index is 13.4. The molecule has 0 aliphatic heterocycles. The van der Waals surface area contributed by atoms with Gasteiger partial charge in [-0.1, -0.05) is 54.1 Å². The van der Waals surface area contributed by atoms with Crippen LogP contribution in [0.15, 0.2) is 89.5 Å². The van der Waals surface area contributed by atoms with Crippen LogP contribution in [0.2, 0.25) is 0 Å². The average Bonchev–Trinajstić information content (AvgIpc) is 3.38. The summed E-state index contributed by atoms with van der Waals surface area (Å²) in [5, 5.41) is 18.8. The van der Waals surface area contributed by atoms with Crippen LogP contribution in [-0.4, -0.2) is 23.5 Å². The van der Waals surface area contributed by atoms with E-state index in [-0.39, 0.29) is 17.4 Å². The van der Waals surface area contributed by atoms with Crippen molar-refractivity contribution >= 4 is 57.6 Å². The molecule has 1 aliphatic rings. The molecule has 0 saturated carbocycles. The number of nitrogens with zero attached hydrogens (tertiary/aromatic N) is 1. The van der Waals surface area contributed by atoms with Crippen LogP contribution in [0.4, 0.5) is 10.7 Å². The molecular weight excluding hydrogens is 577 g/mol. The van der Waals surface area contributed by atoms with Gasteiger partial charge in [0.05, 0.1) is 11.3 Å². The molecule has 0 radical (unpaired) electrons. The lowest BCUT2D eigenvalue weighted by Crippen LogP contribution is -2.30. The molecular formula is C34H30N4O3S2. The van der Waals surface area contributed by atoms with Gasteiger partial charge in [-0.25, -0.2) is 0 Å². The molecule has 3 amide bonds. The van der Waals surface area contributed by atoms with Crippen LogP contribution < -0.4 is 16.0 Å². The lowest BCUT2D eigenvalue weighted by atomic mass is 9.96.